The van der Waals surface area contributed by atoms with E-state index >= 15 is 0 Å². The zero-order chi connectivity index (χ0) is 25.1. The number of para-hydroxylation sites is 1. The van der Waals surface area contributed by atoms with Crippen molar-refractivity contribution in [1.29, 1.82) is 0 Å². The maximum Gasteiger partial charge on any atom is 0.341 e. The van der Waals surface area contributed by atoms with Crippen LogP contribution in [0.25, 0.3) is 22.0 Å². The van der Waals surface area contributed by atoms with Gasteiger partial charge in [0, 0.05) is 27.4 Å². The van der Waals surface area contributed by atoms with Gasteiger partial charge in [-0.15, -0.1) is 11.3 Å². The Bertz CT molecular complexity index is 1470. The van der Waals surface area contributed by atoms with E-state index in [9.17, 15) is 14.4 Å². The van der Waals surface area contributed by atoms with Crippen LogP contribution in [-0.2, 0) is 16.1 Å². The molecule has 1 N–H and O–H groups in total. The quantitative estimate of drug-likeness (QED) is 0.331. The average molecular weight is 511 g/mol. The van der Waals surface area contributed by atoms with Crippen LogP contribution in [-0.4, -0.2) is 30.2 Å². The van der Waals surface area contributed by atoms with E-state index in [1.54, 1.807) is 42.6 Å². The molecule has 0 atom stereocenters. The van der Waals surface area contributed by atoms with Crippen molar-refractivity contribution in [3.05, 3.63) is 80.4 Å². The van der Waals surface area contributed by atoms with Crippen LogP contribution in [0.2, 0.25) is 5.02 Å². The molecule has 2 aromatic heterocycles. The Balaban J connectivity index is 1.71. The van der Waals surface area contributed by atoms with Crippen LogP contribution >= 0.6 is 22.9 Å². The molecule has 0 saturated heterocycles. The summed E-state index contributed by atoms with van der Waals surface area (Å²) in [4.78, 5) is 38.8. The molecular weight excluding hydrogens is 488 g/mol. The molecule has 0 aliphatic carbocycles. The molecule has 0 radical (unpaired) electrons. The fourth-order valence-electron chi connectivity index (χ4n) is 3.90. The molecule has 0 unspecified atom stereocenters. The van der Waals surface area contributed by atoms with Gasteiger partial charge in [-0.2, -0.15) is 0 Å². The lowest BCUT2D eigenvalue weighted by molar-refractivity contribution is -0.116. The summed E-state index contributed by atoms with van der Waals surface area (Å²) in [6, 6.07) is 14.0. The summed E-state index contributed by atoms with van der Waals surface area (Å²) in [5.74, 6) is -0.517. The van der Waals surface area contributed by atoms with Crippen molar-refractivity contribution in [3.63, 3.8) is 0 Å². The van der Waals surface area contributed by atoms with E-state index < -0.39 is 11.9 Å². The van der Waals surface area contributed by atoms with Gasteiger partial charge < -0.3 is 14.8 Å². The lowest BCUT2D eigenvalue weighted by atomic mass is 10.0. The van der Waals surface area contributed by atoms with Gasteiger partial charge in [-0.1, -0.05) is 35.9 Å². The molecule has 4 aromatic rings. The number of benzene rings is 2. The highest BCUT2D eigenvalue weighted by molar-refractivity contribution is 7.15. The van der Waals surface area contributed by atoms with Crippen molar-refractivity contribution >= 4 is 50.7 Å². The van der Waals surface area contributed by atoms with Crippen molar-refractivity contribution in [2.24, 2.45) is 0 Å². The number of esters is 1. The number of hydrogen-bond acceptors (Lipinski definition) is 6. The van der Waals surface area contributed by atoms with Gasteiger partial charge >= 0.3 is 5.97 Å². The van der Waals surface area contributed by atoms with Crippen LogP contribution in [0.15, 0.2) is 58.7 Å². The standard InChI is InChI=1S/C26H23ClN2O5S/c1-4-34-26(32)23-19(16-8-10-17(27)11-9-16)14-35-25(23)28-21(30)13-29-22(31)12-15(2)18-6-5-7-20(33-3)24(18)29/h5-12,14H,4,13H2,1-3H3,(H,28,30). The summed E-state index contributed by atoms with van der Waals surface area (Å²) in [5, 5.41) is 6.30. The number of thiophene rings is 1. The lowest BCUT2D eigenvalue weighted by Gasteiger charge is -2.15. The van der Waals surface area contributed by atoms with E-state index in [1.165, 1.54) is 29.1 Å². The van der Waals surface area contributed by atoms with Gasteiger partial charge in [0.25, 0.3) is 5.56 Å². The first kappa shape index (κ1) is 24.5. The van der Waals surface area contributed by atoms with Gasteiger partial charge in [-0.25, -0.2) is 4.79 Å². The Morgan fingerprint density at radius 2 is 1.89 bits per heavy atom. The minimum atomic E-state index is -0.548. The lowest BCUT2D eigenvalue weighted by Crippen LogP contribution is -2.28. The van der Waals surface area contributed by atoms with Crippen molar-refractivity contribution < 1.29 is 19.1 Å². The molecule has 9 heteroatoms. The van der Waals surface area contributed by atoms with Gasteiger partial charge in [0.05, 0.1) is 19.2 Å². The van der Waals surface area contributed by atoms with Crippen LogP contribution in [0, 0.1) is 6.92 Å². The highest BCUT2D eigenvalue weighted by atomic mass is 35.5. The van der Waals surface area contributed by atoms with Crippen LogP contribution in [0.3, 0.4) is 0 Å². The second-order valence-corrected chi connectivity index (χ2v) is 9.05. The number of ether oxygens (including phenoxy) is 2. The molecule has 2 heterocycles. The largest absolute Gasteiger partial charge is 0.495 e. The maximum atomic E-state index is 13.1. The molecule has 1 amide bonds. The third kappa shape index (κ3) is 4.94. The summed E-state index contributed by atoms with van der Waals surface area (Å²) >= 11 is 7.21. The summed E-state index contributed by atoms with van der Waals surface area (Å²) < 4.78 is 12.1. The summed E-state index contributed by atoms with van der Waals surface area (Å²) in [6.07, 6.45) is 0. The number of aromatic nitrogens is 1. The number of methoxy groups -OCH3 is 1. The molecule has 4 rings (SSSR count). The average Bonchev–Trinajstić information content (AvgIpc) is 3.25. The maximum absolute atomic E-state index is 13.1. The molecule has 0 fully saturated rings. The second kappa shape index (κ2) is 10.3. The third-order valence-electron chi connectivity index (χ3n) is 5.50. The topological polar surface area (TPSA) is 86.6 Å². The molecule has 0 spiro atoms. The van der Waals surface area contributed by atoms with Gasteiger partial charge in [0.1, 0.15) is 22.9 Å². The highest BCUT2D eigenvalue weighted by Crippen LogP contribution is 2.37. The fourth-order valence-corrected chi connectivity index (χ4v) is 5.00. The number of rotatable bonds is 7. The predicted octanol–water partition coefficient (Wildman–Crippen LogP) is 5.52. The van der Waals surface area contributed by atoms with Crippen molar-refractivity contribution in [2.75, 3.05) is 19.0 Å². The number of halogens is 1. The first-order valence-electron chi connectivity index (χ1n) is 10.9. The molecule has 180 valence electrons. The Labute approximate surface area is 210 Å². The van der Waals surface area contributed by atoms with Gasteiger partial charge in [-0.3, -0.25) is 14.2 Å². The number of hydrogen-bond donors (Lipinski definition) is 1. The van der Waals surface area contributed by atoms with Crippen LogP contribution < -0.4 is 15.6 Å². The number of pyridine rings is 1. The zero-order valence-corrected chi connectivity index (χ0v) is 21.0. The van der Waals surface area contributed by atoms with Crippen molar-refractivity contribution in [1.82, 2.24) is 4.57 Å². The monoisotopic (exact) mass is 510 g/mol. The minimum absolute atomic E-state index is 0.187. The normalized spacial score (nSPS) is 10.9. The Kier molecular flexibility index (Phi) is 7.23. The molecule has 0 bridgehead atoms. The molecule has 2 aromatic carbocycles. The van der Waals surface area contributed by atoms with E-state index in [2.05, 4.69) is 5.32 Å². The molecule has 0 aliphatic rings. The van der Waals surface area contributed by atoms with E-state index in [0.717, 1.165) is 16.5 Å². The SMILES string of the molecule is CCOC(=O)c1c(-c2ccc(Cl)cc2)csc1NC(=O)Cn1c(=O)cc(C)c2cccc(OC)c21. The molecular formula is C26H23ClN2O5S. The Morgan fingerprint density at radius 1 is 1.14 bits per heavy atom. The first-order chi connectivity index (χ1) is 16.8. The zero-order valence-electron chi connectivity index (χ0n) is 19.4. The number of carbonyl (C=O) groups excluding carboxylic acids is 2. The Morgan fingerprint density at radius 3 is 2.57 bits per heavy atom. The third-order valence-corrected chi connectivity index (χ3v) is 6.65. The number of anilines is 1. The van der Waals surface area contributed by atoms with Gasteiger partial charge in [0.2, 0.25) is 5.91 Å². The molecule has 35 heavy (non-hydrogen) atoms. The number of aryl methyl sites for hydroxylation is 1. The highest BCUT2D eigenvalue weighted by Gasteiger charge is 2.23. The summed E-state index contributed by atoms with van der Waals surface area (Å²) in [5.41, 5.74) is 2.64. The molecule has 7 nitrogen and oxygen atoms in total. The minimum Gasteiger partial charge on any atom is -0.495 e. The summed E-state index contributed by atoms with van der Waals surface area (Å²) in [6.45, 7) is 3.48. The summed E-state index contributed by atoms with van der Waals surface area (Å²) in [7, 11) is 1.52. The van der Waals surface area contributed by atoms with Crippen LogP contribution in [0.1, 0.15) is 22.8 Å². The molecule has 0 aliphatic heterocycles. The smallest absolute Gasteiger partial charge is 0.341 e. The van der Waals surface area contributed by atoms with Crippen LogP contribution in [0.5, 0.6) is 5.75 Å². The first-order valence-corrected chi connectivity index (χ1v) is 12.1. The number of nitrogens with zero attached hydrogens (tertiary/aromatic N) is 1. The van der Waals surface area contributed by atoms with E-state index in [0.29, 0.717) is 26.9 Å². The van der Waals surface area contributed by atoms with E-state index in [4.69, 9.17) is 21.1 Å². The van der Waals surface area contributed by atoms with Gasteiger partial charge in [-0.05, 0) is 43.2 Å². The van der Waals surface area contributed by atoms with Crippen molar-refractivity contribution in [2.45, 2.75) is 20.4 Å². The Hall–Kier alpha value is -3.62. The van der Waals surface area contributed by atoms with Gasteiger partial charge in [0.15, 0.2) is 0 Å². The predicted molar refractivity (Wildman–Crippen MR) is 139 cm³/mol. The number of fused-ring (bicyclic) bond motifs is 1. The number of amides is 1. The molecule has 0 saturated carbocycles. The fraction of sp³-hybridized carbons (Fsp3) is 0.192. The second-order valence-electron chi connectivity index (χ2n) is 7.74. The number of carbonyl (C=O) groups is 2. The van der Waals surface area contributed by atoms with Crippen molar-refractivity contribution in [3.8, 4) is 16.9 Å². The van der Waals surface area contributed by atoms with E-state index in [-0.39, 0.29) is 24.3 Å². The van der Waals surface area contributed by atoms with E-state index in [1.807, 2.05) is 19.1 Å². The number of nitrogens with one attached hydrogen (secondary N) is 1. The van der Waals surface area contributed by atoms with Crippen LogP contribution in [0.4, 0.5) is 5.00 Å².